The van der Waals surface area contributed by atoms with Crippen LogP contribution in [0, 0.1) is 0 Å². The van der Waals surface area contributed by atoms with E-state index >= 15 is 0 Å². The van der Waals surface area contributed by atoms with E-state index in [0.717, 1.165) is 36.1 Å². The van der Waals surface area contributed by atoms with Gasteiger partial charge in [-0.2, -0.15) is 0 Å². The Labute approximate surface area is 146 Å². The molecule has 0 spiro atoms. The maximum Gasteiger partial charge on any atom is 0.173 e. The van der Waals surface area contributed by atoms with E-state index in [-0.39, 0.29) is 0 Å². The summed E-state index contributed by atoms with van der Waals surface area (Å²) in [6.45, 7) is 1.73. The third-order valence-corrected chi connectivity index (χ3v) is 4.85. The molecule has 2 aromatic carbocycles. The highest BCUT2D eigenvalue weighted by atomic mass is 32.1. The second kappa shape index (κ2) is 6.17. The molecule has 0 radical (unpaired) electrons. The Hall–Kier alpha value is -2.53. The van der Waals surface area contributed by atoms with Crippen LogP contribution in [0.5, 0.6) is 5.75 Å². The van der Waals surface area contributed by atoms with Crippen LogP contribution in [-0.2, 0) is 13.0 Å². The zero-order valence-electron chi connectivity index (χ0n) is 13.5. The first kappa shape index (κ1) is 15.0. The summed E-state index contributed by atoms with van der Waals surface area (Å²) in [5, 5.41) is 5.39. The predicted octanol–water partition coefficient (Wildman–Crippen LogP) is 3.93. The van der Waals surface area contributed by atoms with Gasteiger partial charge in [0.2, 0.25) is 0 Å². The van der Waals surface area contributed by atoms with Crippen molar-refractivity contribution in [1.29, 1.82) is 0 Å². The number of rotatable bonds is 2. The third-order valence-electron chi connectivity index (χ3n) is 4.49. The van der Waals surface area contributed by atoms with Gasteiger partial charge in [0, 0.05) is 34.9 Å². The minimum Gasteiger partial charge on any atom is -0.497 e. The Bertz CT molecular complexity index is 903. The topological polar surface area (TPSA) is 40.3 Å². The molecule has 4 nitrogen and oxygen atoms in total. The van der Waals surface area contributed by atoms with E-state index in [4.69, 9.17) is 17.0 Å². The smallest absolute Gasteiger partial charge is 0.173 e. The molecule has 3 aromatic rings. The first-order chi connectivity index (χ1) is 11.7. The molecular weight excluding hydrogens is 318 g/mol. The van der Waals surface area contributed by atoms with Crippen LogP contribution in [0.25, 0.3) is 10.9 Å². The summed E-state index contributed by atoms with van der Waals surface area (Å²) in [5.41, 5.74) is 4.83. The Morgan fingerprint density at radius 1 is 1.21 bits per heavy atom. The Morgan fingerprint density at radius 3 is 2.96 bits per heavy atom. The molecule has 5 heteroatoms. The molecule has 0 bridgehead atoms. The summed E-state index contributed by atoms with van der Waals surface area (Å²) in [6.07, 6.45) is 0.999. The van der Waals surface area contributed by atoms with Crippen LogP contribution < -0.4 is 10.1 Å². The van der Waals surface area contributed by atoms with E-state index < -0.39 is 0 Å². The minimum absolute atomic E-state index is 0.743. The van der Waals surface area contributed by atoms with Crippen LogP contribution in [0.4, 0.5) is 5.69 Å². The molecule has 122 valence electrons. The molecule has 1 aliphatic heterocycles. The first-order valence-electron chi connectivity index (χ1n) is 8.03. The second-order valence-corrected chi connectivity index (χ2v) is 6.35. The summed E-state index contributed by atoms with van der Waals surface area (Å²) in [6, 6.07) is 16.3. The maximum atomic E-state index is 5.61. The number of thiocarbonyl (C=S) groups is 1. The lowest BCUT2D eigenvalue weighted by molar-refractivity contribution is 0.396. The van der Waals surface area contributed by atoms with E-state index in [1.165, 1.54) is 22.2 Å². The van der Waals surface area contributed by atoms with Gasteiger partial charge in [-0.25, -0.2) is 0 Å². The summed E-state index contributed by atoms with van der Waals surface area (Å²) in [4.78, 5) is 5.73. The highest BCUT2D eigenvalue weighted by Gasteiger charge is 2.22. The highest BCUT2D eigenvalue weighted by molar-refractivity contribution is 7.80. The molecule has 0 saturated heterocycles. The number of anilines is 1. The van der Waals surface area contributed by atoms with Gasteiger partial charge < -0.3 is 19.9 Å². The number of nitrogens with one attached hydrogen (secondary N) is 2. The number of aromatic nitrogens is 1. The van der Waals surface area contributed by atoms with Crippen molar-refractivity contribution in [2.45, 2.75) is 13.0 Å². The van der Waals surface area contributed by atoms with Gasteiger partial charge in [0.1, 0.15) is 5.75 Å². The first-order valence-corrected chi connectivity index (χ1v) is 8.44. The van der Waals surface area contributed by atoms with Gasteiger partial charge in [-0.05, 0) is 42.4 Å². The van der Waals surface area contributed by atoms with Crippen LogP contribution in [0.1, 0.15) is 11.3 Å². The number of benzene rings is 2. The van der Waals surface area contributed by atoms with Crippen molar-refractivity contribution in [3.63, 3.8) is 0 Å². The Morgan fingerprint density at radius 2 is 2.08 bits per heavy atom. The monoisotopic (exact) mass is 337 g/mol. The molecule has 0 saturated carbocycles. The van der Waals surface area contributed by atoms with Crippen LogP contribution in [0.2, 0.25) is 0 Å². The fourth-order valence-corrected chi connectivity index (χ4v) is 3.54. The van der Waals surface area contributed by atoms with E-state index in [9.17, 15) is 0 Å². The van der Waals surface area contributed by atoms with Gasteiger partial charge in [0.25, 0.3) is 0 Å². The fourth-order valence-electron chi connectivity index (χ4n) is 3.27. The molecule has 24 heavy (non-hydrogen) atoms. The average molecular weight is 337 g/mol. The molecular formula is C19H19N3OS. The number of nitrogens with zero attached hydrogens (tertiary/aromatic N) is 1. The molecule has 0 atom stereocenters. The van der Waals surface area contributed by atoms with E-state index in [2.05, 4.69) is 39.5 Å². The lowest BCUT2D eigenvalue weighted by Crippen LogP contribution is -2.38. The number of aromatic amines is 1. The standard InChI is InChI=1S/C19H19N3OS/c1-23-14-6-4-5-13(11-14)20-19(24)22-10-9-16-15-7-2-3-8-17(15)21-18(16)12-22/h2-8,11,21H,9-10,12H2,1H3,(H,20,24). The number of hydrogen-bond donors (Lipinski definition) is 2. The van der Waals surface area contributed by atoms with Crippen LogP contribution in [0.15, 0.2) is 48.5 Å². The largest absolute Gasteiger partial charge is 0.497 e. The number of hydrogen-bond acceptors (Lipinski definition) is 2. The summed E-state index contributed by atoms with van der Waals surface area (Å²) in [5.74, 6) is 0.819. The van der Waals surface area contributed by atoms with Gasteiger partial charge in [0.05, 0.1) is 13.7 Å². The number of H-pyrrole nitrogens is 1. The van der Waals surface area contributed by atoms with Crippen LogP contribution >= 0.6 is 12.2 Å². The average Bonchev–Trinajstić information content (AvgIpc) is 2.99. The van der Waals surface area contributed by atoms with Crippen molar-refractivity contribution in [1.82, 2.24) is 9.88 Å². The normalized spacial score (nSPS) is 13.6. The van der Waals surface area contributed by atoms with Crippen molar-refractivity contribution < 1.29 is 4.74 Å². The zero-order valence-corrected chi connectivity index (χ0v) is 14.3. The van der Waals surface area contributed by atoms with Crippen molar-refractivity contribution in [3.8, 4) is 5.75 Å². The predicted molar refractivity (Wildman–Crippen MR) is 102 cm³/mol. The molecule has 0 amide bonds. The molecule has 4 rings (SSSR count). The Balaban J connectivity index is 1.52. The Kier molecular flexibility index (Phi) is 3.86. The van der Waals surface area contributed by atoms with Crippen LogP contribution in [-0.4, -0.2) is 28.7 Å². The molecule has 2 N–H and O–H groups in total. The lowest BCUT2D eigenvalue weighted by atomic mass is 10.0. The van der Waals surface area contributed by atoms with Crippen molar-refractivity contribution >= 4 is 33.9 Å². The number of methoxy groups -OCH3 is 1. The van der Waals surface area contributed by atoms with Crippen molar-refractivity contribution in [2.24, 2.45) is 0 Å². The fraction of sp³-hybridized carbons (Fsp3) is 0.211. The summed E-state index contributed by atoms with van der Waals surface area (Å²) in [7, 11) is 1.67. The quantitative estimate of drug-likeness (QED) is 0.695. The molecule has 0 fully saturated rings. The summed E-state index contributed by atoms with van der Waals surface area (Å²) < 4.78 is 5.26. The molecule has 1 aliphatic rings. The number of para-hydroxylation sites is 1. The van der Waals surface area contributed by atoms with Crippen molar-refractivity contribution in [3.05, 3.63) is 59.8 Å². The number of ether oxygens (including phenoxy) is 1. The molecule has 0 unspecified atom stereocenters. The minimum atomic E-state index is 0.743. The molecule has 1 aromatic heterocycles. The second-order valence-electron chi connectivity index (χ2n) is 5.96. The number of fused-ring (bicyclic) bond motifs is 3. The zero-order chi connectivity index (χ0) is 16.5. The summed E-state index contributed by atoms with van der Waals surface area (Å²) >= 11 is 5.61. The van der Waals surface area contributed by atoms with E-state index in [1.54, 1.807) is 7.11 Å². The van der Waals surface area contributed by atoms with E-state index in [0.29, 0.717) is 0 Å². The highest BCUT2D eigenvalue weighted by Crippen LogP contribution is 2.28. The van der Waals surface area contributed by atoms with Gasteiger partial charge in [0.15, 0.2) is 5.11 Å². The molecule has 0 aliphatic carbocycles. The third kappa shape index (κ3) is 2.71. The van der Waals surface area contributed by atoms with Gasteiger partial charge in [-0.3, -0.25) is 0 Å². The van der Waals surface area contributed by atoms with Gasteiger partial charge in [-0.15, -0.1) is 0 Å². The maximum absolute atomic E-state index is 5.61. The van der Waals surface area contributed by atoms with Crippen molar-refractivity contribution in [2.75, 3.05) is 19.0 Å². The molecule has 2 heterocycles. The SMILES string of the molecule is COc1cccc(NC(=S)N2CCc3c([nH]c4ccccc34)C2)c1. The van der Waals surface area contributed by atoms with Crippen LogP contribution in [0.3, 0.4) is 0 Å². The van der Waals surface area contributed by atoms with E-state index in [1.807, 2.05) is 24.3 Å². The van der Waals surface area contributed by atoms with Gasteiger partial charge >= 0.3 is 0 Å². The van der Waals surface area contributed by atoms with Gasteiger partial charge in [-0.1, -0.05) is 24.3 Å². The lowest BCUT2D eigenvalue weighted by Gasteiger charge is -2.29.